The van der Waals surface area contributed by atoms with Crippen molar-refractivity contribution in [3.63, 3.8) is 0 Å². The molecule has 0 bridgehead atoms. The number of carbonyl (C=O) groups is 1. The van der Waals surface area contributed by atoms with Gasteiger partial charge in [0.15, 0.2) is 0 Å². The molecule has 0 fully saturated rings. The van der Waals surface area contributed by atoms with Crippen LogP contribution in [0.25, 0.3) is 0 Å². The van der Waals surface area contributed by atoms with Gasteiger partial charge in [0.05, 0.1) is 0 Å². The Morgan fingerprint density at radius 2 is 2.00 bits per heavy atom. The molecule has 0 saturated carbocycles. The molecule has 0 N–H and O–H groups in total. The maximum Gasteiger partial charge on any atom is 0.235 e. The fraction of sp³-hybridized carbons (Fsp3) is 0.312. The van der Waals surface area contributed by atoms with Crippen molar-refractivity contribution in [1.29, 1.82) is 0 Å². The molecule has 0 radical (unpaired) electrons. The zero-order valence-corrected chi connectivity index (χ0v) is 10.5. The summed E-state index contributed by atoms with van der Waals surface area (Å²) in [6, 6.07) is 9.14. The molecule has 1 aromatic rings. The van der Waals surface area contributed by atoms with Gasteiger partial charge in [-0.3, -0.25) is 4.79 Å². The van der Waals surface area contributed by atoms with Gasteiger partial charge < -0.3 is 0 Å². The predicted molar refractivity (Wildman–Crippen MR) is 71.8 cm³/mol. The summed E-state index contributed by atoms with van der Waals surface area (Å²) >= 11 is 0. The molecule has 17 heavy (non-hydrogen) atoms. The van der Waals surface area contributed by atoms with E-state index in [1.807, 2.05) is 24.3 Å². The summed E-state index contributed by atoms with van der Waals surface area (Å²) in [7, 11) is 0. The van der Waals surface area contributed by atoms with Gasteiger partial charge in [-0.2, -0.15) is 0 Å². The Labute approximate surface area is 104 Å². The zero-order chi connectivity index (χ0) is 12.7. The van der Waals surface area contributed by atoms with E-state index in [0.29, 0.717) is 12.0 Å². The van der Waals surface area contributed by atoms with Crippen molar-refractivity contribution in [2.75, 3.05) is 0 Å². The summed E-state index contributed by atoms with van der Waals surface area (Å²) in [5, 5.41) is 0. The SMILES string of the molecule is C=CCC(C)(C)CC#CC(=O)c1ccccc1. The van der Waals surface area contributed by atoms with Gasteiger partial charge in [-0.15, -0.1) is 6.58 Å². The van der Waals surface area contributed by atoms with E-state index in [9.17, 15) is 4.79 Å². The van der Waals surface area contributed by atoms with Gasteiger partial charge in [-0.25, -0.2) is 0 Å². The minimum atomic E-state index is -0.111. The smallest absolute Gasteiger partial charge is 0.235 e. The summed E-state index contributed by atoms with van der Waals surface area (Å²) in [6.07, 6.45) is 3.50. The minimum absolute atomic E-state index is 0.0890. The second-order valence-electron chi connectivity index (χ2n) is 4.83. The summed E-state index contributed by atoms with van der Waals surface area (Å²) in [6.45, 7) is 7.96. The van der Waals surface area contributed by atoms with Crippen LogP contribution in [0.1, 0.15) is 37.0 Å². The van der Waals surface area contributed by atoms with Crippen LogP contribution in [0.2, 0.25) is 0 Å². The van der Waals surface area contributed by atoms with Crippen molar-refractivity contribution < 1.29 is 4.79 Å². The van der Waals surface area contributed by atoms with E-state index in [1.54, 1.807) is 12.1 Å². The van der Waals surface area contributed by atoms with Gasteiger partial charge in [0.25, 0.3) is 0 Å². The quantitative estimate of drug-likeness (QED) is 0.330. The predicted octanol–water partition coefficient (Wildman–Crippen LogP) is 3.87. The summed E-state index contributed by atoms with van der Waals surface area (Å²) in [5.41, 5.74) is 0.743. The molecule has 0 unspecified atom stereocenters. The third kappa shape index (κ3) is 4.70. The highest BCUT2D eigenvalue weighted by molar-refractivity contribution is 6.08. The van der Waals surface area contributed by atoms with Gasteiger partial charge >= 0.3 is 0 Å². The standard InChI is InChI=1S/C16H18O/c1-4-12-16(2,3)13-8-11-15(17)14-9-6-5-7-10-14/h4-7,9-10H,1,12-13H2,2-3H3. The molecule has 1 aromatic carbocycles. The van der Waals surface area contributed by atoms with Crippen molar-refractivity contribution in [1.82, 2.24) is 0 Å². The van der Waals surface area contributed by atoms with E-state index < -0.39 is 0 Å². The molecule has 0 aliphatic heterocycles. The van der Waals surface area contributed by atoms with Gasteiger partial charge in [0, 0.05) is 12.0 Å². The molecule has 0 amide bonds. The van der Waals surface area contributed by atoms with Gasteiger partial charge in [-0.1, -0.05) is 56.2 Å². The van der Waals surface area contributed by atoms with Crippen LogP contribution in [-0.4, -0.2) is 5.78 Å². The first-order valence-electron chi connectivity index (χ1n) is 5.74. The second-order valence-corrected chi connectivity index (χ2v) is 4.83. The normalized spacial score (nSPS) is 10.2. The highest BCUT2D eigenvalue weighted by Gasteiger charge is 2.13. The molecule has 1 nitrogen and oxygen atoms in total. The summed E-state index contributed by atoms with van der Waals surface area (Å²) in [5.74, 6) is 5.54. The minimum Gasteiger partial charge on any atom is -0.279 e. The highest BCUT2D eigenvalue weighted by Crippen LogP contribution is 2.24. The second kappa shape index (κ2) is 6.06. The topological polar surface area (TPSA) is 17.1 Å². The van der Waals surface area contributed by atoms with E-state index >= 15 is 0 Å². The van der Waals surface area contributed by atoms with E-state index in [-0.39, 0.29) is 11.2 Å². The van der Waals surface area contributed by atoms with Gasteiger partial charge in [0.1, 0.15) is 0 Å². The fourth-order valence-electron chi connectivity index (χ4n) is 1.49. The lowest BCUT2D eigenvalue weighted by Gasteiger charge is -2.18. The van der Waals surface area contributed by atoms with Crippen molar-refractivity contribution in [2.24, 2.45) is 5.41 Å². The van der Waals surface area contributed by atoms with E-state index in [2.05, 4.69) is 32.3 Å². The molecule has 1 heteroatoms. The number of carbonyl (C=O) groups excluding carboxylic acids is 1. The third-order valence-electron chi connectivity index (χ3n) is 2.50. The highest BCUT2D eigenvalue weighted by atomic mass is 16.1. The maximum absolute atomic E-state index is 11.7. The van der Waals surface area contributed by atoms with Crippen LogP contribution in [-0.2, 0) is 0 Å². The van der Waals surface area contributed by atoms with Crippen LogP contribution in [0.15, 0.2) is 43.0 Å². The number of rotatable bonds is 4. The molecule has 0 aromatic heterocycles. The maximum atomic E-state index is 11.7. The number of benzene rings is 1. The molecule has 0 atom stereocenters. The number of ketones is 1. The average molecular weight is 226 g/mol. The number of hydrogen-bond donors (Lipinski definition) is 0. The van der Waals surface area contributed by atoms with Gasteiger partial charge in [-0.05, 0) is 17.8 Å². The van der Waals surface area contributed by atoms with Crippen LogP contribution in [0.4, 0.5) is 0 Å². The van der Waals surface area contributed by atoms with E-state index in [1.165, 1.54) is 0 Å². The summed E-state index contributed by atoms with van der Waals surface area (Å²) in [4.78, 5) is 11.7. The molecule has 0 heterocycles. The van der Waals surface area contributed by atoms with Crippen LogP contribution in [0.5, 0.6) is 0 Å². The first-order valence-corrected chi connectivity index (χ1v) is 5.74. The molecule has 88 valence electrons. The van der Waals surface area contributed by atoms with Crippen LogP contribution in [0.3, 0.4) is 0 Å². The van der Waals surface area contributed by atoms with Crippen molar-refractivity contribution >= 4 is 5.78 Å². The Morgan fingerprint density at radius 1 is 1.35 bits per heavy atom. The first kappa shape index (κ1) is 13.3. The molecule has 0 aliphatic rings. The molecular formula is C16H18O. The lowest BCUT2D eigenvalue weighted by molar-refractivity contribution is 0.105. The molecular weight excluding hydrogens is 208 g/mol. The Balaban J connectivity index is 2.62. The molecule has 0 saturated heterocycles. The lowest BCUT2D eigenvalue weighted by atomic mass is 9.86. The van der Waals surface area contributed by atoms with Crippen LogP contribution in [0, 0.1) is 17.3 Å². The van der Waals surface area contributed by atoms with Crippen LogP contribution < -0.4 is 0 Å². The molecule has 1 rings (SSSR count). The lowest BCUT2D eigenvalue weighted by Crippen LogP contribution is -2.08. The van der Waals surface area contributed by atoms with Crippen LogP contribution >= 0.6 is 0 Å². The largest absolute Gasteiger partial charge is 0.279 e. The Bertz CT molecular complexity index is 443. The van der Waals surface area contributed by atoms with Crippen molar-refractivity contribution in [3.05, 3.63) is 48.6 Å². The van der Waals surface area contributed by atoms with Gasteiger partial charge in [0.2, 0.25) is 5.78 Å². The number of hydrogen-bond acceptors (Lipinski definition) is 1. The Kier molecular flexibility index (Phi) is 4.72. The number of Topliss-reactive ketones (excluding diaryl/α,β-unsaturated/α-hetero) is 1. The van der Waals surface area contributed by atoms with E-state index in [4.69, 9.17) is 0 Å². The average Bonchev–Trinajstić information content (AvgIpc) is 2.29. The van der Waals surface area contributed by atoms with Crippen molar-refractivity contribution in [2.45, 2.75) is 26.7 Å². The molecule has 0 spiro atoms. The van der Waals surface area contributed by atoms with E-state index in [0.717, 1.165) is 6.42 Å². The Morgan fingerprint density at radius 3 is 2.59 bits per heavy atom. The summed E-state index contributed by atoms with van der Waals surface area (Å²) < 4.78 is 0. The fourth-order valence-corrected chi connectivity index (χ4v) is 1.49. The number of allylic oxidation sites excluding steroid dienone is 1. The third-order valence-corrected chi connectivity index (χ3v) is 2.50. The molecule has 0 aliphatic carbocycles. The Hall–Kier alpha value is -1.81. The zero-order valence-electron chi connectivity index (χ0n) is 10.5. The monoisotopic (exact) mass is 226 g/mol. The van der Waals surface area contributed by atoms with Crippen molar-refractivity contribution in [3.8, 4) is 11.8 Å². The first-order chi connectivity index (χ1) is 8.05.